The summed E-state index contributed by atoms with van der Waals surface area (Å²) in [7, 11) is 0. The highest BCUT2D eigenvalue weighted by Gasteiger charge is 2.13. The highest BCUT2D eigenvalue weighted by atomic mass is 79.9. The third-order valence-electron chi connectivity index (χ3n) is 1.96. The lowest BCUT2D eigenvalue weighted by Gasteiger charge is -1.94. The van der Waals surface area contributed by atoms with Gasteiger partial charge in [0.2, 0.25) is 0 Å². The molecule has 0 bridgehead atoms. The maximum atomic E-state index is 5.46. The molecule has 3 heteroatoms. The topological polar surface area (TPSA) is 26.3 Å². The Morgan fingerprint density at radius 1 is 1.15 bits per heavy atom. The third kappa shape index (κ3) is 1.44. The molecule has 0 aliphatic heterocycles. The summed E-state index contributed by atoms with van der Waals surface area (Å²) in [6.07, 6.45) is 1.67. The fourth-order valence-corrected chi connectivity index (χ4v) is 1.78. The van der Waals surface area contributed by atoms with Crippen molar-refractivity contribution in [1.82, 2.24) is 0 Å². The van der Waals surface area contributed by atoms with E-state index in [0.717, 1.165) is 27.3 Å². The SMILES string of the molecule is Cc1ccoc1-c1oc(Br)cc1C. The van der Waals surface area contributed by atoms with Gasteiger partial charge in [-0.1, -0.05) is 0 Å². The lowest BCUT2D eigenvalue weighted by Crippen LogP contribution is -1.75. The Hall–Kier alpha value is -0.960. The van der Waals surface area contributed by atoms with Crippen LogP contribution in [0.15, 0.2) is 31.9 Å². The summed E-state index contributed by atoms with van der Waals surface area (Å²) >= 11 is 3.28. The average molecular weight is 241 g/mol. The molecule has 0 aliphatic carbocycles. The van der Waals surface area contributed by atoms with Crippen LogP contribution < -0.4 is 0 Å². The minimum Gasteiger partial charge on any atom is -0.461 e. The lowest BCUT2D eigenvalue weighted by atomic mass is 10.2. The number of aryl methyl sites for hydroxylation is 2. The zero-order valence-corrected chi connectivity index (χ0v) is 9.01. The number of halogens is 1. The van der Waals surface area contributed by atoms with E-state index < -0.39 is 0 Å². The highest BCUT2D eigenvalue weighted by molar-refractivity contribution is 9.10. The minimum absolute atomic E-state index is 0.732. The van der Waals surface area contributed by atoms with Crippen molar-refractivity contribution < 1.29 is 8.83 Å². The summed E-state index contributed by atoms with van der Waals surface area (Å²) in [4.78, 5) is 0. The second kappa shape index (κ2) is 3.07. The zero-order chi connectivity index (χ0) is 9.42. The lowest BCUT2D eigenvalue weighted by molar-refractivity contribution is 0.508. The molecule has 2 heterocycles. The molecule has 0 saturated heterocycles. The first-order valence-corrected chi connectivity index (χ1v) is 4.78. The van der Waals surface area contributed by atoms with Gasteiger partial charge in [-0.05, 0) is 53.0 Å². The van der Waals surface area contributed by atoms with E-state index >= 15 is 0 Å². The second-order valence-electron chi connectivity index (χ2n) is 3.00. The molecule has 0 unspecified atom stereocenters. The standard InChI is InChI=1S/C10H9BrO2/c1-6-3-4-12-9(6)10-7(2)5-8(11)13-10/h3-5H,1-2H3. The summed E-state index contributed by atoms with van der Waals surface area (Å²) in [6, 6.07) is 3.85. The molecule has 0 fully saturated rings. The largest absolute Gasteiger partial charge is 0.461 e. The molecule has 0 atom stereocenters. The molecule has 2 rings (SSSR count). The summed E-state index contributed by atoms with van der Waals surface area (Å²) in [6.45, 7) is 3.99. The number of rotatable bonds is 1. The average Bonchev–Trinajstić information content (AvgIpc) is 2.58. The summed E-state index contributed by atoms with van der Waals surface area (Å²) in [5, 5.41) is 0. The molecule has 0 saturated carbocycles. The van der Waals surface area contributed by atoms with E-state index in [1.165, 1.54) is 0 Å². The smallest absolute Gasteiger partial charge is 0.174 e. The van der Waals surface area contributed by atoms with Gasteiger partial charge in [-0.25, -0.2) is 0 Å². The second-order valence-corrected chi connectivity index (χ2v) is 3.78. The van der Waals surface area contributed by atoms with Crippen LogP contribution in [-0.4, -0.2) is 0 Å². The van der Waals surface area contributed by atoms with Gasteiger partial charge >= 0.3 is 0 Å². The van der Waals surface area contributed by atoms with Crippen LogP contribution in [-0.2, 0) is 0 Å². The molecule has 2 nitrogen and oxygen atoms in total. The fourth-order valence-electron chi connectivity index (χ4n) is 1.27. The molecule has 2 aromatic rings. The monoisotopic (exact) mass is 240 g/mol. The predicted octanol–water partition coefficient (Wildman–Crippen LogP) is 3.92. The van der Waals surface area contributed by atoms with Crippen LogP contribution in [0.3, 0.4) is 0 Å². The van der Waals surface area contributed by atoms with E-state index in [0.29, 0.717) is 0 Å². The number of furan rings is 2. The maximum Gasteiger partial charge on any atom is 0.174 e. The predicted molar refractivity (Wildman–Crippen MR) is 53.6 cm³/mol. The van der Waals surface area contributed by atoms with Crippen molar-refractivity contribution >= 4 is 15.9 Å². The van der Waals surface area contributed by atoms with Gasteiger partial charge in [0, 0.05) is 0 Å². The van der Waals surface area contributed by atoms with Gasteiger partial charge in [-0.2, -0.15) is 0 Å². The van der Waals surface area contributed by atoms with Crippen molar-refractivity contribution in [2.24, 2.45) is 0 Å². The summed E-state index contributed by atoms with van der Waals surface area (Å²) in [5.74, 6) is 1.61. The Balaban J connectivity index is 2.58. The zero-order valence-electron chi connectivity index (χ0n) is 7.43. The van der Waals surface area contributed by atoms with Crippen LogP contribution in [0.4, 0.5) is 0 Å². The van der Waals surface area contributed by atoms with Crippen molar-refractivity contribution in [3.63, 3.8) is 0 Å². The first-order chi connectivity index (χ1) is 6.18. The van der Waals surface area contributed by atoms with E-state index in [1.54, 1.807) is 6.26 Å². The Morgan fingerprint density at radius 3 is 2.38 bits per heavy atom. The summed E-state index contributed by atoms with van der Waals surface area (Å²) < 4.78 is 11.5. The summed E-state index contributed by atoms with van der Waals surface area (Å²) in [5.41, 5.74) is 2.16. The van der Waals surface area contributed by atoms with Crippen LogP contribution in [0.1, 0.15) is 11.1 Å². The van der Waals surface area contributed by atoms with Gasteiger partial charge in [0.25, 0.3) is 0 Å². The van der Waals surface area contributed by atoms with Gasteiger partial charge in [-0.3, -0.25) is 0 Å². The number of hydrogen-bond donors (Lipinski definition) is 0. The molecule has 0 N–H and O–H groups in total. The van der Waals surface area contributed by atoms with Crippen molar-refractivity contribution in [1.29, 1.82) is 0 Å². The fraction of sp³-hybridized carbons (Fsp3) is 0.200. The van der Waals surface area contributed by atoms with Gasteiger partial charge < -0.3 is 8.83 Å². The van der Waals surface area contributed by atoms with Gasteiger partial charge in [0.05, 0.1) is 6.26 Å². The van der Waals surface area contributed by atoms with Crippen LogP contribution in [0.2, 0.25) is 0 Å². The molecular formula is C10H9BrO2. The molecule has 2 aromatic heterocycles. The van der Waals surface area contributed by atoms with E-state index in [-0.39, 0.29) is 0 Å². The van der Waals surface area contributed by atoms with Crippen LogP contribution in [0.5, 0.6) is 0 Å². The Kier molecular flexibility index (Phi) is 2.04. The minimum atomic E-state index is 0.732. The molecule has 0 radical (unpaired) electrons. The molecular weight excluding hydrogens is 232 g/mol. The maximum absolute atomic E-state index is 5.46. The Morgan fingerprint density at radius 2 is 1.92 bits per heavy atom. The van der Waals surface area contributed by atoms with E-state index in [4.69, 9.17) is 8.83 Å². The van der Waals surface area contributed by atoms with Crippen LogP contribution >= 0.6 is 15.9 Å². The van der Waals surface area contributed by atoms with E-state index in [2.05, 4.69) is 15.9 Å². The van der Waals surface area contributed by atoms with E-state index in [9.17, 15) is 0 Å². The molecule has 0 aliphatic rings. The third-order valence-corrected chi connectivity index (χ3v) is 2.35. The van der Waals surface area contributed by atoms with Gasteiger partial charge in [0.1, 0.15) is 0 Å². The first kappa shape index (κ1) is 8.63. The first-order valence-electron chi connectivity index (χ1n) is 3.99. The van der Waals surface area contributed by atoms with Crippen molar-refractivity contribution in [2.45, 2.75) is 13.8 Å². The van der Waals surface area contributed by atoms with Crippen molar-refractivity contribution in [2.75, 3.05) is 0 Å². The van der Waals surface area contributed by atoms with Crippen molar-refractivity contribution in [3.05, 3.63) is 34.2 Å². The normalized spacial score (nSPS) is 10.7. The molecule has 0 spiro atoms. The van der Waals surface area contributed by atoms with Gasteiger partial charge in [-0.15, -0.1) is 0 Å². The van der Waals surface area contributed by atoms with E-state index in [1.807, 2.05) is 26.0 Å². The highest BCUT2D eigenvalue weighted by Crippen LogP contribution is 2.31. The van der Waals surface area contributed by atoms with Crippen LogP contribution in [0, 0.1) is 13.8 Å². The molecule has 0 aromatic carbocycles. The van der Waals surface area contributed by atoms with Gasteiger partial charge in [0.15, 0.2) is 16.2 Å². The molecule has 68 valence electrons. The molecule has 0 amide bonds. The van der Waals surface area contributed by atoms with Crippen LogP contribution in [0.25, 0.3) is 11.5 Å². The molecule has 13 heavy (non-hydrogen) atoms. The number of hydrogen-bond acceptors (Lipinski definition) is 2. The van der Waals surface area contributed by atoms with Crippen molar-refractivity contribution in [3.8, 4) is 11.5 Å². The quantitative estimate of drug-likeness (QED) is 0.756. The Bertz CT molecular complexity index is 426. The Labute approximate surface area is 84.7 Å².